The summed E-state index contributed by atoms with van der Waals surface area (Å²) >= 11 is 12.1. The van der Waals surface area contributed by atoms with Gasteiger partial charge in [-0.05, 0) is 52.4 Å². The van der Waals surface area contributed by atoms with Crippen LogP contribution >= 0.6 is 23.2 Å². The zero-order valence-electron chi connectivity index (χ0n) is 18.4. The zero-order chi connectivity index (χ0) is 25.8. The van der Waals surface area contributed by atoms with Crippen molar-refractivity contribution in [2.75, 3.05) is 0 Å². The van der Waals surface area contributed by atoms with Crippen molar-refractivity contribution < 1.29 is 27.9 Å². The average Bonchev–Trinajstić information content (AvgIpc) is 2.77. The van der Waals surface area contributed by atoms with Gasteiger partial charge in [-0.2, -0.15) is 13.2 Å². The second-order valence-corrected chi connectivity index (χ2v) is 8.82. The number of nitrogens with zero attached hydrogens (tertiary/aromatic N) is 1. The third kappa shape index (κ3) is 6.96. The topological polar surface area (TPSA) is 79.3 Å². The molecule has 0 aliphatic heterocycles. The lowest BCUT2D eigenvalue weighted by Crippen LogP contribution is -2.26. The van der Waals surface area contributed by atoms with E-state index >= 15 is 0 Å². The normalized spacial score (nSPS) is 13.2. The Hall–Kier alpha value is -3.10. The Morgan fingerprint density at radius 1 is 1.03 bits per heavy atom. The standard InChI is InChI=1S/C25H21Cl2F3N2O3/c1-14(23(25(28,29)30)17-8-9-31-21(27)12-17)19-7-6-18(11-20(19)26)24(35)32-13-16-4-2-15(3-5-16)10-22(33)34/h2-9,11-12,14,23H,10,13H2,1H3,(H,32,35)(H,33,34). The van der Waals surface area contributed by atoms with Crippen molar-refractivity contribution in [3.63, 3.8) is 0 Å². The SMILES string of the molecule is CC(c1ccc(C(=O)NCc2ccc(CC(=O)O)cc2)cc1Cl)C(c1ccnc(Cl)c1)C(F)(F)F. The van der Waals surface area contributed by atoms with E-state index in [1.807, 2.05) is 0 Å². The molecule has 0 radical (unpaired) electrons. The van der Waals surface area contributed by atoms with Crippen molar-refractivity contribution in [1.29, 1.82) is 0 Å². The molecule has 0 bridgehead atoms. The Kier molecular flexibility index (Phi) is 8.40. The Bertz CT molecular complexity index is 1220. The van der Waals surface area contributed by atoms with Gasteiger partial charge in [0.1, 0.15) is 5.15 Å². The maximum atomic E-state index is 14.0. The summed E-state index contributed by atoms with van der Waals surface area (Å²) in [5.41, 5.74) is 1.80. The smallest absolute Gasteiger partial charge is 0.396 e. The number of pyridine rings is 1. The average molecular weight is 525 g/mol. The van der Waals surface area contributed by atoms with Gasteiger partial charge < -0.3 is 10.4 Å². The summed E-state index contributed by atoms with van der Waals surface area (Å²) in [4.78, 5) is 27.1. The molecule has 0 saturated carbocycles. The highest BCUT2D eigenvalue weighted by Gasteiger charge is 2.45. The van der Waals surface area contributed by atoms with Crippen molar-refractivity contribution in [2.45, 2.75) is 37.9 Å². The van der Waals surface area contributed by atoms with Crippen LogP contribution < -0.4 is 5.32 Å². The first-order chi connectivity index (χ1) is 16.5. The van der Waals surface area contributed by atoms with Crippen molar-refractivity contribution >= 4 is 35.1 Å². The number of benzene rings is 2. The molecule has 1 aromatic heterocycles. The number of carboxylic acid groups (broad SMARTS) is 1. The number of hydrogen-bond donors (Lipinski definition) is 2. The molecule has 1 heterocycles. The maximum Gasteiger partial charge on any atom is 0.396 e. The first-order valence-corrected chi connectivity index (χ1v) is 11.3. The number of rotatable bonds is 8. The first-order valence-electron chi connectivity index (χ1n) is 10.5. The molecule has 3 aromatic rings. The van der Waals surface area contributed by atoms with E-state index in [-0.39, 0.29) is 39.8 Å². The van der Waals surface area contributed by atoms with E-state index in [1.54, 1.807) is 24.3 Å². The number of amides is 1. The molecule has 0 aliphatic rings. The van der Waals surface area contributed by atoms with Crippen LogP contribution in [0.15, 0.2) is 60.8 Å². The van der Waals surface area contributed by atoms with E-state index in [0.717, 1.165) is 5.56 Å². The Morgan fingerprint density at radius 2 is 1.69 bits per heavy atom. The largest absolute Gasteiger partial charge is 0.481 e. The molecule has 2 N–H and O–H groups in total. The van der Waals surface area contributed by atoms with Crippen LogP contribution in [0.2, 0.25) is 10.2 Å². The van der Waals surface area contributed by atoms with Gasteiger partial charge in [-0.1, -0.05) is 60.5 Å². The Balaban J connectivity index is 1.74. The Morgan fingerprint density at radius 3 is 2.26 bits per heavy atom. The molecule has 0 saturated heterocycles. The number of carboxylic acids is 1. The number of nitrogens with one attached hydrogen (secondary N) is 1. The third-order valence-electron chi connectivity index (χ3n) is 5.55. The highest BCUT2D eigenvalue weighted by Crippen LogP contribution is 2.46. The highest BCUT2D eigenvalue weighted by atomic mass is 35.5. The van der Waals surface area contributed by atoms with Gasteiger partial charge in [0.2, 0.25) is 0 Å². The molecule has 10 heteroatoms. The van der Waals surface area contributed by atoms with Crippen molar-refractivity contribution in [1.82, 2.24) is 10.3 Å². The summed E-state index contributed by atoms with van der Waals surface area (Å²) < 4.78 is 41.9. The number of aromatic nitrogens is 1. The van der Waals surface area contributed by atoms with Crippen LogP contribution in [0.25, 0.3) is 0 Å². The van der Waals surface area contributed by atoms with Crippen molar-refractivity contribution in [2.24, 2.45) is 0 Å². The number of hydrogen-bond acceptors (Lipinski definition) is 3. The fourth-order valence-electron chi connectivity index (χ4n) is 3.82. The monoisotopic (exact) mass is 524 g/mol. The summed E-state index contributed by atoms with van der Waals surface area (Å²) in [5.74, 6) is -4.31. The van der Waals surface area contributed by atoms with Gasteiger partial charge in [-0.25, -0.2) is 4.98 Å². The van der Waals surface area contributed by atoms with E-state index in [9.17, 15) is 22.8 Å². The third-order valence-corrected chi connectivity index (χ3v) is 6.08. The molecule has 35 heavy (non-hydrogen) atoms. The van der Waals surface area contributed by atoms with Gasteiger partial charge in [-0.15, -0.1) is 0 Å². The van der Waals surface area contributed by atoms with E-state index < -0.39 is 29.9 Å². The van der Waals surface area contributed by atoms with Crippen LogP contribution in [-0.4, -0.2) is 28.1 Å². The molecule has 2 aromatic carbocycles. The van der Waals surface area contributed by atoms with E-state index in [0.29, 0.717) is 5.56 Å². The van der Waals surface area contributed by atoms with Crippen LogP contribution in [0.3, 0.4) is 0 Å². The van der Waals surface area contributed by atoms with E-state index in [1.165, 1.54) is 43.5 Å². The number of carbonyl (C=O) groups excluding carboxylic acids is 1. The lowest BCUT2D eigenvalue weighted by molar-refractivity contribution is -0.154. The second-order valence-electron chi connectivity index (χ2n) is 8.03. The first kappa shape index (κ1) is 26.5. The summed E-state index contributed by atoms with van der Waals surface area (Å²) in [6.07, 6.45) is -3.44. The van der Waals surface area contributed by atoms with Gasteiger partial charge in [0, 0.05) is 23.3 Å². The molecule has 0 spiro atoms. The summed E-state index contributed by atoms with van der Waals surface area (Å²) in [7, 11) is 0. The number of aliphatic carboxylic acids is 1. The maximum absolute atomic E-state index is 14.0. The summed E-state index contributed by atoms with van der Waals surface area (Å²) in [6.45, 7) is 1.60. The van der Waals surface area contributed by atoms with Gasteiger partial charge in [0.25, 0.3) is 5.91 Å². The molecule has 0 fully saturated rings. The molecular weight excluding hydrogens is 504 g/mol. The van der Waals surface area contributed by atoms with Gasteiger partial charge in [0.05, 0.1) is 12.3 Å². The molecule has 184 valence electrons. The molecule has 1 amide bonds. The summed E-state index contributed by atoms with van der Waals surface area (Å²) in [6, 6.07) is 13.4. The van der Waals surface area contributed by atoms with Crippen LogP contribution in [-0.2, 0) is 17.8 Å². The quantitative estimate of drug-likeness (QED) is 0.334. The second kappa shape index (κ2) is 11.1. The minimum absolute atomic E-state index is 0.0303. The lowest BCUT2D eigenvalue weighted by Gasteiger charge is -2.28. The fraction of sp³-hybridized carbons (Fsp3) is 0.240. The lowest BCUT2D eigenvalue weighted by atomic mass is 9.82. The van der Waals surface area contributed by atoms with Crippen molar-refractivity contribution in [3.8, 4) is 0 Å². The highest BCUT2D eigenvalue weighted by molar-refractivity contribution is 6.31. The minimum Gasteiger partial charge on any atom is -0.481 e. The Labute approximate surface area is 209 Å². The van der Waals surface area contributed by atoms with E-state index in [2.05, 4.69) is 10.3 Å². The number of halogens is 5. The van der Waals surface area contributed by atoms with Crippen LogP contribution in [0.4, 0.5) is 13.2 Å². The predicted molar refractivity (Wildman–Crippen MR) is 127 cm³/mol. The number of carbonyl (C=O) groups is 2. The van der Waals surface area contributed by atoms with Crippen molar-refractivity contribution in [3.05, 3.63) is 98.8 Å². The molecule has 5 nitrogen and oxygen atoms in total. The number of alkyl halides is 3. The van der Waals surface area contributed by atoms with E-state index in [4.69, 9.17) is 28.3 Å². The van der Waals surface area contributed by atoms with Gasteiger partial charge in [0.15, 0.2) is 0 Å². The zero-order valence-corrected chi connectivity index (χ0v) is 20.0. The summed E-state index contributed by atoms with van der Waals surface area (Å²) in [5, 5.41) is 11.5. The van der Waals surface area contributed by atoms with Crippen LogP contribution in [0, 0.1) is 0 Å². The molecule has 2 unspecified atom stereocenters. The molecular formula is C25H21Cl2F3N2O3. The van der Waals surface area contributed by atoms with Gasteiger partial charge >= 0.3 is 12.1 Å². The molecule has 3 rings (SSSR count). The van der Waals surface area contributed by atoms with Gasteiger partial charge in [-0.3, -0.25) is 9.59 Å². The molecule has 0 aliphatic carbocycles. The van der Waals surface area contributed by atoms with Crippen LogP contribution in [0.1, 0.15) is 51.4 Å². The predicted octanol–water partition coefficient (Wildman–Crippen LogP) is 6.40. The van der Waals surface area contributed by atoms with Crippen LogP contribution in [0.5, 0.6) is 0 Å². The minimum atomic E-state index is -4.57. The molecule has 2 atom stereocenters. The fourth-order valence-corrected chi connectivity index (χ4v) is 4.36.